The van der Waals surface area contributed by atoms with E-state index in [-0.39, 0.29) is 23.0 Å². The Hall–Kier alpha value is -4.49. The third kappa shape index (κ3) is 6.07. The second-order valence-corrected chi connectivity index (χ2v) is 10.5. The SMILES string of the molecule is O=C(CCSc1nnc(-c2ccco2)c(-c2ccco2)n1)Nc1ccc(S(=O)(=O)Nc2ccccn2)cc1. The smallest absolute Gasteiger partial charge is 0.263 e. The molecule has 4 aromatic heterocycles. The summed E-state index contributed by atoms with van der Waals surface area (Å²) in [6, 6.07) is 17.8. The number of carbonyl (C=O) groups excluding carboxylic acids is 1. The van der Waals surface area contributed by atoms with Gasteiger partial charge in [-0.05, 0) is 60.7 Å². The summed E-state index contributed by atoms with van der Waals surface area (Å²) in [6.07, 6.45) is 4.74. The first kappa shape index (κ1) is 25.2. The van der Waals surface area contributed by atoms with E-state index in [1.807, 2.05) is 0 Å². The van der Waals surface area contributed by atoms with Gasteiger partial charge in [0.15, 0.2) is 17.2 Å². The lowest BCUT2D eigenvalue weighted by Crippen LogP contribution is -2.15. The Morgan fingerprint density at radius 2 is 1.61 bits per heavy atom. The third-order valence-electron chi connectivity index (χ3n) is 5.09. The zero-order valence-corrected chi connectivity index (χ0v) is 21.3. The molecule has 0 saturated carbocycles. The van der Waals surface area contributed by atoms with Crippen LogP contribution in [0.4, 0.5) is 11.5 Å². The molecular weight excluding hydrogens is 528 g/mol. The van der Waals surface area contributed by atoms with Gasteiger partial charge in [-0.15, -0.1) is 10.2 Å². The third-order valence-corrected chi connectivity index (χ3v) is 7.30. The number of hydrogen-bond donors (Lipinski definition) is 2. The van der Waals surface area contributed by atoms with E-state index < -0.39 is 10.0 Å². The minimum Gasteiger partial charge on any atom is -0.463 e. The number of nitrogens with zero attached hydrogens (tertiary/aromatic N) is 4. The minimum absolute atomic E-state index is 0.0479. The number of hydrogen-bond acceptors (Lipinski definition) is 10. The van der Waals surface area contributed by atoms with Crippen LogP contribution in [-0.4, -0.2) is 40.2 Å². The Labute approximate surface area is 221 Å². The van der Waals surface area contributed by atoms with Crippen LogP contribution in [0.15, 0.2) is 104 Å². The number of sulfonamides is 1. The molecule has 0 aliphatic rings. The first-order valence-corrected chi connectivity index (χ1v) is 13.7. The number of carbonyl (C=O) groups is 1. The normalized spacial score (nSPS) is 11.3. The average Bonchev–Trinajstić information content (AvgIpc) is 3.64. The minimum atomic E-state index is -3.80. The number of rotatable bonds is 10. The molecule has 0 aliphatic carbocycles. The number of furan rings is 2. The van der Waals surface area contributed by atoms with Crippen molar-refractivity contribution in [2.75, 3.05) is 15.8 Å². The van der Waals surface area contributed by atoms with Gasteiger partial charge in [-0.1, -0.05) is 17.8 Å². The number of aromatic nitrogens is 4. The molecule has 0 bridgehead atoms. The second-order valence-electron chi connectivity index (χ2n) is 7.74. The van der Waals surface area contributed by atoms with Gasteiger partial charge in [0.2, 0.25) is 11.1 Å². The molecular formula is C25H20N6O5S2. The van der Waals surface area contributed by atoms with Crippen molar-refractivity contribution in [3.63, 3.8) is 0 Å². The highest BCUT2D eigenvalue weighted by Crippen LogP contribution is 2.30. The van der Waals surface area contributed by atoms with Crippen molar-refractivity contribution in [2.24, 2.45) is 0 Å². The maximum atomic E-state index is 12.5. The lowest BCUT2D eigenvalue weighted by Gasteiger charge is -2.09. The summed E-state index contributed by atoms with van der Waals surface area (Å²) in [5.41, 5.74) is 1.41. The van der Waals surface area contributed by atoms with Crippen LogP contribution in [0.25, 0.3) is 22.9 Å². The number of amides is 1. The summed E-state index contributed by atoms with van der Waals surface area (Å²) >= 11 is 1.27. The number of anilines is 2. The summed E-state index contributed by atoms with van der Waals surface area (Å²) in [5.74, 6) is 1.40. The van der Waals surface area contributed by atoms with E-state index in [1.54, 1.807) is 48.7 Å². The quantitative estimate of drug-likeness (QED) is 0.235. The van der Waals surface area contributed by atoms with Crippen molar-refractivity contribution >= 4 is 39.2 Å². The molecule has 1 aromatic carbocycles. The molecule has 1 amide bonds. The van der Waals surface area contributed by atoms with Crippen molar-refractivity contribution in [1.82, 2.24) is 20.2 Å². The van der Waals surface area contributed by atoms with Crippen LogP contribution in [-0.2, 0) is 14.8 Å². The van der Waals surface area contributed by atoms with E-state index >= 15 is 0 Å². The van der Waals surface area contributed by atoms with Crippen LogP contribution in [0.1, 0.15) is 6.42 Å². The van der Waals surface area contributed by atoms with Gasteiger partial charge in [0.1, 0.15) is 11.5 Å². The van der Waals surface area contributed by atoms with Gasteiger partial charge in [0, 0.05) is 24.1 Å². The molecule has 0 atom stereocenters. The summed E-state index contributed by atoms with van der Waals surface area (Å²) in [5, 5.41) is 11.5. The Bertz CT molecular complexity index is 1610. The molecule has 0 aliphatic heterocycles. The van der Waals surface area contributed by atoms with Crippen molar-refractivity contribution in [1.29, 1.82) is 0 Å². The van der Waals surface area contributed by atoms with Crippen molar-refractivity contribution in [3.05, 3.63) is 85.5 Å². The van der Waals surface area contributed by atoms with Crippen LogP contribution < -0.4 is 10.0 Å². The fourth-order valence-electron chi connectivity index (χ4n) is 3.33. The molecule has 0 spiro atoms. The Balaban J connectivity index is 1.17. The van der Waals surface area contributed by atoms with Crippen molar-refractivity contribution in [3.8, 4) is 22.9 Å². The molecule has 192 valence electrons. The summed E-state index contributed by atoms with van der Waals surface area (Å²) in [7, 11) is -3.80. The van der Waals surface area contributed by atoms with Crippen LogP contribution >= 0.6 is 11.8 Å². The van der Waals surface area contributed by atoms with Gasteiger partial charge in [-0.3, -0.25) is 9.52 Å². The van der Waals surface area contributed by atoms with Crippen LogP contribution in [0.3, 0.4) is 0 Å². The molecule has 0 unspecified atom stereocenters. The molecule has 5 aromatic rings. The Morgan fingerprint density at radius 3 is 2.26 bits per heavy atom. The van der Waals surface area contributed by atoms with Crippen molar-refractivity contribution in [2.45, 2.75) is 16.5 Å². The highest BCUT2D eigenvalue weighted by molar-refractivity contribution is 7.99. The van der Waals surface area contributed by atoms with E-state index in [0.717, 1.165) is 0 Å². The largest absolute Gasteiger partial charge is 0.463 e. The molecule has 4 heterocycles. The maximum Gasteiger partial charge on any atom is 0.263 e. The molecule has 5 rings (SSSR count). The number of benzene rings is 1. The van der Waals surface area contributed by atoms with E-state index in [1.165, 1.54) is 48.5 Å². The van der Waals surface area contributed by atoms with Gasteiger partial charge >= 0.3 is 0 Å². The maximum absolute atomic E-state index is 12.5. The summed E-state index contributed by atoms with van der Waals surface area (Å²) < 4.78 is 38.4. The van der Waals surface area contributed by atoms with Crippen LogP contribution in [0.5, 0.6) is 0 Å². The molecule has 0 radical (unpaired) electrons. The highest BCUT2D eigenvalue weighted by atomic mass is 32.2. The Morgan fingerprint density at radius 1 is 0.868 bits per heavy atom. The second kappa shape index (κ2) is 11.3. The highest BCUT2D eigenvalue weighted by Gasteiger charge is 2.18. The molecule has 38 heavy (non-hydrogen) atoms. The van der Waals surface area contributed by atoms with Gasteiger partial charge in [0.25, 0.3) is 10.0 Å². The topological polar surface area (TPSA) is 153 Å². The first-order valence-electron chi connectivity index (χ1n) is 11.3. The van der Waals surface area contributed by atoms with Crippen LogP contribution in [0, 0.1) is 0 Å². The molecule has 11 nitrogen and oxygen atoms in total. The first-order chi connectivity index (χ1) is 18.5. The van der Waals surface area contributed by atoms with E-state index in [4.69, 9.17) is 8.83 Å². The summed E-state index contributed by atoms with van der Waals surface area (Å²) in [4.78, 5) is 21.0. The van der Waals surface area contributed by atoms with Crippen LogP contribution in [0.2, 0.25) is 0 Å². The fraction of sp³-hybridized carbons (Fsp3) is 0.0800. The van der Waals surface area contributed by atoms with E-state index in [9.17, 15) is 13.2 Å². The lowest BCUT2D eigenvalue weighted by molar-refractivity contribution is -0.115. The lowest BCUT2D eigenvalue weighted by atomic mass is 10.2. The van der Waals surface area contributed by atoms with Gasteiger partial charge in [-0.25, -0.2) is 18.4 Å². The molecule has 0 fully saturated rings. The number of pyridine rings is 1. The molecule has 0 saturated heterocycles. The van der Waals surface area contributed by atoms with E-state index in [0.29, 0.717) is 39.5 Å². The fourth-order valence-corrected chi connectivity index (χ4v) is 5.06. The zero-order chi connectivity index (χ0) is 26.4. The zero-order valence-electron chi connectivity index (χ0n) is 19.6. The molecule has 2 N–H and O–H groups in total. The Kier molecular flexibility index (Phi) is 7.47. The van der Waals surface area contributed by atoms with Gasteiger partial charge < -0.3 is 14.2 Å². The standard InChI is InChI=1S/C25H20N6O5S2/c32-22(27-17-8-10-18(11-9-17)38(33,34)31-21-7-1-2-13-26-21)12-16-37-25-28-23(19-5-3-14-35-19)24(29-30-25)20-6-4-15-36-20/h1-11,13-15H,12,16H2,(H,26,31)(H,27,32). The molecule has 13 heteroatoms. The summed E-state index contributed by atoms with van der Waals surface area (Å²) in [6.45, 7) is 0. The average molecular weight is 549 g/mol. The predicted octanol–water partition coefficient (Wildman–Crippen LogP) is 4.71. The predicted molar refractivity (Wildman–Crippen MR) is 141 cm³/mol. The van der Waals surface area contributed by atoms with Gasteiger partial charge in [-0.2, -0.15) is 0 Å². The number of nitrogens with one attached hydrogen (secondary N) is 2. The van der Waals surface area contributed by atoms with Crippen molar-refractivity contribution < 1.29 is 22.0 Å². The van der Waals surface area contributed by atoms with Gasteiger partial charge in [0.05, 0.1) is 17.4 Å². The monoisotopic (exact) mass is 548 g/mol. The van der Waals surface area contributed by atoms with E-state index in [2.05, 4.69) is 30.2 Å². The number of thioether (sulfide) groups is 1.